The van der Waals surface area contributed by atoms with Crippen LogP contribution in [-0.4, -0.2) is 19.6 Å². The van der Waals surface area contributed by atoms with Crippen molar-refractivity contribution in [1.82, 2.24) is 19.6 Å². The lowest BCUT2D eigenvalue weighted by molar-refractivity contribution is 0.917. The van der Waals surface area contributed by atoms with Crippen molar-refractivity contribution in [3.8, 4) is 0 Å². The van der Waals surface area contributed by atoms with E-state index in [-0.39, 0.29) is 0 Å². The van der Waals surface area contributed by atoms with Crippen LogP contribution in [0.4, 0.5) is 5.69 Å². The molecule has 0 aliphatic heterocycles. The molecule has 0 aromatic carbocycles. The van der Waals surface area contributed by atoms with Gasteiger partial charge in [-0.15, -0.1) is 0 Å². The van der Waals surface area contributed by atoms with Gasteiger partial charge in [-0.2, -0.15) is 5.10 Å². The summed E-state index contributed by atoms with van der Waals surface area (Å²) in [5, 5.41) is 5.04. The zero-order valence-electron chi connectivity index (χ0n) is 8.82. The van der Waals surface area contributed by atoms with Gasteiger partial charge in [0.1, 0.15) is 5.03 Å². The van der Waals surface area contributed by atoms with Gasteiger partial charge in [0.2, 0.25) is 0 Å². The second-order valence-electron chi connectivity index (χ2n) is 3.41. The predicted molar refractivity (Wildman–Crippen MR) is 65.8 cm³/mol. The summed E-state index contributed by atoms with van der Waals surface area (Å²) in [6.07, 6.45) is 8.64. The number of pyridine rings is 1. The lowest BCUT2D eigenvalue weighted by Crippen LogP contribution is -1.92. The molecule has 0 fully saturated rings. The molecule has 0 unspecified atom stereocenters. The number of aromatic nitrogens is 4. The monoisotopic (exact) mass is 243 g/mol. The third kappa shape index (κ3) is 1.83. The SMILES string of the molecule is Nc1cnccc1Sc1nccn2nccc12. The van der Waals surface area contributed by atoms with E-state index >= 15 is 0 Å². The van der Waals surface area contributed by atoms with E-state index in [9.17, 15) is 0 Å². The topological polar surface area (TPSA) is 69.1 Å². The average molecular weight is 243 g/mol. The summed E-state index contributed by atoms with van der Waals surface area (Å²) >= 11 is 1.51. The second kappa shape index (κ2) is 4.06. The van der Waals surface area contributed by atoms with Crippen LogP contribution in [-0.2, 0) is 0 Å². The summed E-state index contributed by atoms with van der Waals surface area (Å²) in [4.78, 5) is 9.25. The van der Waals surface area contributed by atoms with Gasteiger partial charge in [-0.05, 0) is 12.1 Å². The molecule has 3 rings (SSSR count). The van der Waals surface area contributed by atoms with Crippen LogP contribution in [0.3, 0.4) is 0 Å². The van der Waals surface area contributed by atoms with E-state index in [4.69, 9.17) is 5.73 Å². The van der Waals surface area contributed by atoms with Crippen LogP contribution in [0.1, 0.15) is 0 Å². The maximum Gasteiger partial charge on any atom is 0.127 e. The molecule has 0 saturated carbocycles. The molecule has 0 bridgehead atoms. The standard InChI is InChI=1S/C11H9N5S/c12-8-7-13-3-2-10(8)17-11-9-1-4-15-16(9)6-5-14-11/h1-7H,12H2. The fourth-order valence-electron chi connectivity index (χ4n) is 1.50. The summed E-state index contributed by atoms with van der Waals surface area (Å²) in [5.74, 6) is 0. The number of nitrogens with two attached hydrogens (primary N) is 1. The predicted octanol–water partition coefficient (Wildman–Crippen LogP) is 1.86. The maximum absolute atomic E-state index is 5.85. The molecule has 0 aliphatic carbocycles. The Bertz CT molecular complexity index is 664. The van der Waals surface area contributed by atoms with Crippen LogP contribution in [0, 0.1) is 0 Å². The van der Waals surface area contributed by atoms with Gasteiger partial charge in [-0.25, -0.2) is 9.50 Å². The Morgan fingerprint density at radius 2 is 2.12 bits per heavy atom. The first kappa shape index (κ1) is 10.1. The van der Waals surface area contributed by atoms with E-state index in [1.165, 1.54) is 11.8 Å². The Morgan fingerprint density at radius 1 is 1.18 bits per heavy atom. The number of anilines is 1. The molecular formula is C11H9N5S. The molecule has 84 valence electrons. The van der Waals surface area contributed by atoms with Crippen molar-refractivity contribution < 1.29 is 0 Å². The van der Waals surface area contributed by atoms with Crippen molar-refractivity contribution >= 4 is 23.0 Å². The quantitative estimate of drug-likeness (QED) is 0.744. The number of hydrogen-bond donors (Lipinski definition) is 1. The lowest BCUT2D eigenvalue weighted by atomic mass is 10.4. The van der Waals surface area contributed by atoms with E-state index < -0.39 is 0 Å². The first-order chi connectivity index (χ1) is 8.34. The van der Waals surface area contributed by atoms with Crippen molar-refractivity contribution in [2.75, 3.05) is 5.73 Å². The van der Waals surface area contributed by atoms with Gasteiger partial charge in [0.25, 0.3) is 0 Å². The zero-order chi connectivity index (χ0) is 11.7. The van der Waals surface area contributed by atoms with Crippen LogP contribution in [0.2, 0.25) is 0 Å². The fraction of sp³-hybridized carbons (Fsp3) is 0. The molecule has 0 saturated heterocycles. The molecule has 3 heterocycles. The smallest absolute Gasteiger partial charge is 0.127 e. The molecule has 2 N–H and O–H groups in total. The minimum absolute atomic E-state index is 0.654. The van der Waals surface area contributed by atoms with E-state index in [0.29, 0.717) is 5.69 Å². The van der Waals surface area contributed by atoms with Crippen LogP contribution in [0.5, 0.6) is 0 Å². The Hall–Kier alpha value is -2.08. The van der Waals surface area contributed by atoms with Crippen LogP contribution < -0.4 is 5.73 Å². The summed E-state index contributed by atoms with van der Waals surface area (Å²) in [5.41, 5.74) is 7.47. The first-order valence-electron chi connectivity index (χ1n) is 5.00. The molecule has 0 amide bonds. The van der Waals surface area contributed by atoms with Gasteiger partial charge in [0.05, 0.1) is 23.6 Å². The van der Waals surface area contributed by atoms with Crippen molar-refractivity contribution in [3.05, 3.63) is 43.1 Å². The highest BCUT2D eigenvalue weighted by Gasteiger charge is 2.07. The van der Waals surface area contributed by atoms with Gasteiger partial charge >= 0.3 is 0 Å². The molecule has 0 spiro atoms. The highest BCUT2D eigenvalue weighted by atomic mass is 32.2. The number of hydrogen-bond acceptors (Lipinski definition) is 5. The molecule has 0 radical (unpaired) electrons. The van der Waals surface area contributed by atoms with Gasteiger partial charge in [0.15, 0.2) is 0 Å². The summed E-state index contributed by atoms with van der Waals surface area (Å²) in [7, 11) is 0. The third-order valence-electron chi connectivity index (χ3n) is 2.31. The number of nitrogen functional groups attached to an aromatic ring is 1. The van der Waals surface area contributed by atoms with Crippen LogP contribution in [0.15, 0.2) is 53.0 Å². The van der Waals surface area contributed by atoms with Gasteiger partial charge in [-0.3, -0.25) is 4.98 Å². The van der Waals surface area contributed by atoms with Crippen molar-refractivity contribution in [2.24, 2.45) is 0 Å². The Morgan fingerprint density at radius 3 is 3.00 bits per heavy atom. The first-order valence-corrected chi connectivity index (χ1v) is 5.82. The Balaban J connectivity index is 2.06. The Kier molecular flexibility index (Phi) is 2.41. The molecule has 3 aromatic heterocycles. The van der Waals surface area contributed by atoms with Gasteiger partial charge in [-0.1, -0.05) is 11.8 Å². The average Bonchev–Trinajstić information content (AvgIpc) is 2.81. The molecule has 3 aromatic rings. The number of rotatable bonds is 2. The molecule has 6 heteroatoms. The largest absolute Gasteiger partial charge is 0.397 e. The summed E-state index contributed by atoms with van der Waals surface area (Å²) in [6.45, 7) is 0. The number of nitrogens with zero attached hydrogens (tertiary/aromatic N) is 4. The minimum atomic E-state index is 0.654. The molecule has 5 nitrogen and oxygen atoms in total. The van der Waals surface area contributed by atoms with Crippen LogP contribution >= 0.6 is 11.8 Å². The molecule has 0 aliphatic rings. The van der Waals surface area contributed by atoms with Crippen molar-refractivity contribution in [2.45, 2.75) is 9.92 Å². The fourth-order valence-corrected chi connectivity index (χ4v) is 2.39. The molecular weight excluding hydrogens is 234 g/mol. The molecule has 0 atom stereocenters. The summed E-state index contributed by atoms with van der Waals surface area (Å²) < 4.78 is 1.78. The maximum atomic E-state index is 5.85. The normalized spacial score (nSPS) is 10.8. The zero-order valence-corrected chi connectivity index (χ0v) is 9.63. The Labute approximate surface area is 102 Å². The highest BCUT2D eigenvalue weighted by molar-refractivity contribution is 7.99. The third-order valence-corrected chi connectivity index (χ3v) is 3.41. The second-order valence-corrected chi connectivity index (χ2v) is 4.44. The van der Waals surface area contributed by atoms with Gasteiger partial charge in [0, 0.05) is 23.5 Å². The van der Waals surface area contributed by atoms with Crippen molar-refractivity contribution in [3.63, 3.8) is 0 Å². The van der Waals surface area contributed by atoms with Crippen LogP contribution in [0.25, 0.3) is 5.52 Å². The van der Waals surface area contributed by atoms with E-state index in [1.54, 1.807) is 29.3 Å². The van der Waals surface area contributed by atoms with E-state index in [1.807, 2.05) is 18.3 Å². The lowest BCUT2D eigenvalue weighted by Gasteiger charge is -2.04. The van der Waals surface area contributed by atoms with Crippen molar-refractivity contribution in [1.29, 1.82) is 0 Å². The highest BCUT2D eigenvalue weighted by Crippen LogP contribution is 2.32. The number of fused-ring (bicyclic) bond motifs is 1. The minimum Gasteiger partial charge on any atom is -0.397 e. The molecule has 17 heavy (non-hydrogen) atoms. The van der Waals surface area contributed by atoms with E-state index in [0.717, 1.165) is 15.4 Å². The van der Waals surface area contributed by atoms with Gasteiger partial charge < -0.3 is 5.73 Å². The van der Waals surface area contributed by atoms with E-state index in [2.05, 4.69) is 15.1 Å². The summed E-state index contributed by atoms with van der Waals surface area (Å²) in [6, 6.07) is 3.80.